The minimum atomic E-state index is -0.996. The Morgan fingerprint density at radius 3 is 2.67 bits per heavy atom. The molecule has 18 heavy (non-hydrogen) atoms. The Balaban J connectivity index is 2.84. The van der Waals surface area contributed by atoms with Crippen molar-refractivity contribution >= 4 is 5.97 Å². The number of rotatable bonds is 5. The quantitative estimate of drug-likeness (QED) is 0.769. The molecule has 0 bridgehead atoms. The van der Waals surface area contributed by atoms with Crippen molar-refractivity contribution in [2.24, 2.45) is 5.92 Å². The third kappa shape index (κ3) is 3.69. The first-order chi connectivity index (χ1) is 8.34. The number of hydrogen-bond donors (Lipinski definition) is 1. The summed E-state index contributed by atoms with van der Waals surface area (Å²) in [5.74, 6) is -0.741. The van der Waals surface area contributed by atoms with Crippen molar-refractivity contribution in [3.05, 3.63) is 0 Å². The van der Waals surface area contributed by atoms with Gasteiger partial charge in [-0.05, 0) is 20.3 Å². The molecule has 0 aromatic rings. The lowest BCUT2D eigenvalue weighted by Gasteiger charge is -2.44. The standard InChI is InChI=1S/C14H26O4/c1-5-6-7-11(12(15)17-4)14(16)8-9-18-13(2,3)10-14/h11,16H,5-10H2,1-4H3. The molecule has 2 atom stereocenters. The fourth-order valence-electron chi connectivity index (χ4n) is 2.83. The normalized spacial score (nSPS) is 28.7. The number of methoxy groups -OCH3 is 1. The number of esters is 1. The van der Waals surface area contributed by atoms with E-state index in [4.69, 9.17) is 9.47 Å². The van der Waals surface area contributed by atoms with Crippen molar-refractivity contribution in [3.8, 4) is 0 Å². The van der Waals surface area contributed by atoms with Crippen LogP contribution in [0.4, 0.5) is 0 Å². The van der Waals surface area contributed by atoms with Crippen LogP contribution < -0.4 is 0 Å². The Hall–Kier alpha value is -0.610. The monoisotopic (exact) mass is 258 g/mol. The highest BCUT2D eigenvalue weighted by Gasteiger charge is 2.47. The van der Waals surface area contributed by atoms with Crippen LogP contribution in [0.3, 0.4) is 0 Å². The molecule has 1 N–H and O–H groups in total. The second-order valence-electron chi connectivity index (χ2n) is 5.86. The van der Waals surface area contributed by atoms with Gasteiger partial charge in [-0.2, -0.15) is 0 Å². The summed E-state index contributed by atoms with van der Waals surface area (Å²) in [5, 5.41) is 10.8. The van der Waals surface area contributed by atoms with Crippen LogP contribution in [0.5, 0.6) is 0 Å². The SMILES string of the molecule is CCCCC(C(=O)OC)C1(O)CCOC(C)(C)C1. The van der Waals surface area contributed by atoms with E-state index in [1.54, 1.807) is 0 Å². The smallest absolute Gasteiger partial charge is 0.311 e. The molecule has 0 aromatic heterocycles. The van der Waals surface area contributed by atoms with Crippen LogP contribution >= 0.6 is 0 Å². The van der Waals surface area contributed by atoms with Crippen molar-refractivity contribution in [2.75, 3.05) is 13.7 Å². The van der Waals surface area contributed by atoms with Gasteiger partial charge >= 0.3 is 5.97 Å². The summed E-state index contributed by atoms with van der Waals surface area (Å²) in [4.78, 5) is 11.9. The Kier molecular flexibility index (Phi) is 5.17. The van der Waals surface area contributed by atoms with Crippen LogP contribution in [0, 0.1) is 5.92 Å². The van der Waals surface area contributed by atoms with Gasteiger partial charge in [0.05, 0.1) is 30.8 Å². The van der Waals surface area contributed by atoms with Crippen LogP contribution in [0.1, 0.15) is 52.9 Å². The molecule has 0 aliphatic carbocycles. The van der Waals surface area contributed by atoms with Crippen LogP contribution in [0.25, 0.3) is 0 Å². The van der Waals surface area contributed by atoms with Crippen molar-refractivity contribution < 1.29 is 19.4 Å². The maximum atomic E-state index is 11.9. The van der Waals surface area contributed by atoms with Crippen molar-refractivity contribution in [1.82, 2.24) is 0 Å². The van der Waals surface area contributed by atoms with Crippen molar-refractivity contribution in [3.63, 3.8) is 0 Å². The van der Waals surface area contributed by atoms with E-state index >= 15 is 0 Å². The van der Waals surface area contributed by atoms with Crippen LogP contribution in [-0.2, 0) is 14.3 Å². The number of carbonyl (C=O) groups is 1. The maximum absolute atomic E-state index is 11.9. The van der Waals surface area contributed by atoms with Gasteiger partial charge in [-0.1, -0.05) is 19.8 Å². The molecule has 0 spiro atoms. The highest BCUT2D eigenvalue weighted by atomic mass is 16.5. The molecule has 1 rings (SSSR count). The van der Waals surface area contributed by atoms with E-state index in [1.807, 2.05) is 13.8 Å². The van der Waals surface area contributed by atoms with E-state index in [-0.39, 0.29) is 11.6 Å². The maximum Gasteiger partial charge on any atom is 0.311 e. The van der Waals surface area contributed by atoms with Crippen LogP contribution in [0.2, 0.25) is 0 Å². The Morgan fingerprint density at radius 1 is 1.50 bits per heavy atom. The highest BCUT2D eigenvalue weighted by Crippen LogP contribution is 2.39. The molecule has 1 saturated heterocycles. The molecule has 0 amide bonds. The van der Waals surface area contributed by atoms with Gasteiger partial charge in [0.25, 0.3) is 0 Å². The third-order valence-corrected chi connectivity index (χ3v) is 3.74. The van der Waals surface area contributed by atoms with Gasteiger partial charge in [0.1, 0.15) is 0 Å². The summed E-state index contributed by atoms with van der Waals surface area (Å²) in [5.41, 5.74) is -1.38. The second-order valence-corrected chi connectivity index (χ2v) is 5.86. The lowest BCUT2D eigenvalue weighted by molar-refractivity contribution is -0.184. The van der Waals surface area contributed by atoms with Crippen LogP contribution in [-0.4, -0.2) is 36.0 Å². The molecule has 4 nitrogen and oxygen atoms in total. The second kappa shape index (κ2) is 6.02. The van der Waals surface area contributed by atoms with Crippen LogP contribution in [0.15, 0.2) is 0 Å². The molecule has 0 radical (unpaired) electrons. The Bertz CT molecular complexity index is 288. The van der Waals surface area contributed by atoms with E-state index < -0.39 is 11.5 Å². The van der Waals surface area contributed by atoms with Gasteiger partial charge in [0.15, 0.2) is 0 Å². The van der Waals surface area contributed by atoms with Gasteiger partial charge in [0.2, 0.25) is 0 Å². The molecule has 1 aliphatic rings. The number of ether oxygens (including phenoxy) is 2. The van der Waals surface area contributed by atoms with Gasteiger partial charge in [-0.3, -0.25) is 4.79 Å². The Labute approximate surface area is 110 Å². The molecule has 1 aliphatic heterocycles. The van der Waals surface area contributed by atoms with Crippen molar-refractivity contribution in [1.29, 1.82) is 0 Å². The average Bonchev–Trinajstić information content (AvgIpc) is 2.27. The van der Waals surface area contributed by atoms with E-state index in [0.29, 0.717) is 25.9 Å². The van der Waals surface area contributed by atoms with Gasteiger partial charge < -0.3 is 14.6 Å². The average molecular weight is 258 g/mol. The number of aliphatic hydroxyl groups is 1. The largest absolute Gasteiger partial charge is 0.469 e. The predicted molar refractivity (Wildman–Crippen MR) is 69.2 cm³/mol. The first kappa shape index (κ1) is 15.4. The molecule has 106 valence electrons. The molecule has 0 aromatic carbocycles. The topological polar surface area (TPSA) is 55.8 Å². The summed E-state index contributed by atoms with van der Waals surface area (Å²) >= 11 is 0. The minimum absolute atomic E-state index is 0.302. The number of hydrogen-bond acceptors (Lipinski definition) is 4. The summed E-state index contributed by atoms with van der Waals surface area (Å²) in [6, 6.07) is 0. The van der Waals surface area contributed by atoms with Gasteiger partial charge in [-0.25, -0.2) is 0 Å². The zero-order valence-corrected chi connectivity index (χ0v) is 12.0. The van der Waals surface area contributed by atoms with E-state index in [1.165, 1.54) is 7.11 Å². The molecule has 0 saturated carbocycles. The fourth-order valence-corrected chi connectivity index (χ4v) is 2.83. The van der Waals surface area contributed by atoms with Gasteiger partial charge in [-0.15, -0.1) is 0 Å². The number of carbonyl (C=O) groups excluding carboxylic acids is 1. The molecular weight excluding hydrogens is 232 g/mol. The van der Waals surface area contributed by atoms with E-state index in [2.05, 4.69) is 6.92 Å². The Morgan fingerprint density at radius 2 is 2.17 bits per heavy atom. The lowest BCUT2D eigenvalue weighted by atomic mass is 9.73. The highest BCUT2D eigenvalue weighted by molar-refractivity contribution is 5.73. The predicted octanol–water partition coefficient (Wildman–Crippen LogP) is 2.29. The summed E-state index contributed by atoms with van der Waals surface area (Å²) < 4.78 is 10.5. The summed E-state index contributed by atoms with van der Waals surface area (Å²) in [7, 11) is 1.38. The fraction of sp³-hybridized carbons (Fsp3) is 0.929. The molecule has 4 heteroatoms. The first-order valence-corrected chi connectivity index (χ1v) is 6.79. The molecular formula is C14H26O4. The lowest BCUT2D eigenvalue weighted by Crippen LogP contribution is -2.52. The zero-order valence-electron chi connectivity index (χ0n) is 12.0. The zero-order chi connectivity index (χ0) is 13.8. The first-order valence-electron chi connectivity index (χ1n) is 6.79. The van der Waals surface area contributed by atoms with Gasteiger partial charge in [0, 0.05) is 12.8 Å². The molecule has 1 heterocycles. The summed E-state index contributed by atoms with van der Waals surface area (Å²) in [6.45, 7) is 6.46. The number of unbranched alkanes of at least 4 members (excludes halogenated alkanes) is 1. The van der Waals surface area contributed by atoms with E-state index in [9.17, 15) is 9.90 Å². The minimum Gasteiger partial charge on any atom is -0.469 e. The van der Waals surface area contributed by atoms with E-state index in [0.717, 1.165) is 12.8 Å². The molecule has 2 unspecified atom stereocenters. The molecule has 1 fully saturated rings. The van der Waals surface area contributed by atoms with Crippen molar-refractivity contribution in [2.45, 2.75) is 64.1 Å². The third-order valence-electron chi connectivity index (χ3n) is 3.74. The summed E-state index contributed by atoms with van der Waals surface area (Å²) in [6.07, 6.45) is 3.58.